The number of nitrogens with zero attached hydrogens (tertiary/aromatic N) is 3. The molecule has 1 aromatic heterocycles. The van der Waals surface area contributed by atoms with Crippen molar-refractivity contribution < 1.29 is 5.11 Å². The summed E-state index contributed by atoms with van der Waals surface area (Å²) >= 11 is 7.38. The van der Waals surface area contributed by atoms with Crippen molar-refractivity contribution in [2.24, 2.45) is 0 Å². The molecule has 1 N–H and O–H groups in total. The zero-order valence-corrected chi connectivity index (χ0v) is 13.7. The molecule has 0 amide bonds. The van der Waals surface area contributed by atoms with Crippen LogP contribution in [0.4, 0.5) is 0 Å². The third kappa shape index (κ3) is 3.54. The first-order valence-electron chi connectivity index (χ1n) is 7.29. The normalized spacial score (nSPS) is 15.7. The molecule has 1 unspecified atom stereocenters. The number of aromatic nitrogens is 3. The van der Waals surface area contributed by atoms with Gasteiger partial charge in [-0.05, 0) is 30.5 Å². The van der Waals surface area contributed by atoms with Gasteiger partial charge in [0, 0.05) is 23.2 Å². The summed E-state index contributed by atoms with van der Waals surface area (Å²) < 4.78 is 2.10. The summed E-state index contributed by atoms with van der Waals surface area (Å²) in [4.78, 5) is 0. The van der Waals surface area contributed by atoms with Gasteiger partial charge >= 0.3 is 0 Å². The summed E-state index contributed by atoms with van der Waals surface area (Å²) in [5.74, 6) is 2.12. The van der Waals surface area contributed by atoms with Gasteiger partial charge in [-0.15, -0.1) is 16.8 Å². The Morgan fingerprint density at radius 2 is 2.09 bits per heavy atom. The van der Waals surface area contributed by atoms with Gasteiger partial charge in [-0.1, -0.05) is 41.6 Å². The first-order chi connectivity index (χ1) is 10.7. The molecule has 22 heavy (non-hydrogen) atoms. The van der Waals surface area contributed by atoms with E-state index < -0.39 is 6.10 Å². The van der Waals surface area contributed by atoms with Gasteiger partial charge in [0.1, 0.15) is 5.82 Å². The van der Waals surface area contributed by atoms with Gasteiger partial charge in [-0.3, -0.25) is 0 Å². The molecule has 1 aliphatic carbocycles. The number of thioether (sulfide) groups is 1. The maximum absolute atomic E-state index is 10.3. The van der Waals surface area contributed by atoms with E-state index in [2.05, 4.69) is 21.3 Å². The molecule has 1 aliphatic rings. The van der Waals surface area contributed by atoms with Gasteiger partial charge in [0.2, 0.25) is 0 Å². The van der Waals surface area contributed by atoms with Crippen molar-refractivity contribution in [2.45, 2.75) is 36.6 Å². The lowest BCUT2D eigenvalue weighted by Crippen LogP contribution is -2.05. The van der Waals surface area contributed by atoms with E-state index in [9.17, 15) is 5.11 Å². The summed E-state index contributed by atoms with van der Waals surface area (Å²) in [5, 5.41) is 20.4. The minimum absolute atomic E-state index is 0.529. The standard InChI is InChI=1S/C16H18ClN3OS/c1-2-9-20-15(12-3-4-12)18-19-16(20)22-10-14(21)11-5-7-13(17)8-6-11/h2,5-8,12,14,21H,1,3-4,9-10H2. The highest BCUT2D eigenvalue weighted by Crippen LogP contribution is 2.40. The van der Waals surface area contributed by atoms with Crippen molar-refractivity contribution >= 4 is 23.4 Å². The summed E-state index contributed by atoms with van der Waals surface area (Å²) in [7, 11) is 0. The molecule has 2 aromatic rings. The molecule has 1 aromatic carbocycles. The van der Waals surface area contributed by atoms with Crippen LogP contribution in [0.15, 0.2) is 42.1 Å². The van der Waals surface area contributed by atoms with Crippen molar-refractivity contribution in [3.8, 4) is 0 Å². The molecule has 1 heterocycles. The topological polar surface area (TPSA) is 50.9 Å². The number of hydrogen-bond acceptors (Lipinski definition) is 4. The maximum Gasteiger partial charge on any atom is 0.191 e. The molecule has 1 saturated carbocycles. The molecule has 1 atom stereocenters. The molecule has 0 saturated heterocycles. The second-order valence-corrected chi connectivity index (χ2v) is 6.82. The fourth-order valence-corrected chi connectivity index (χ4v) is 3.33. The predicted octanol–water partition coefficient (Wildman–Crippen LogP) is 3.82. The van der Waals surface area contributed by atoms with E-state index in [1.54, 1.807) is 12.1 Å². The molecule has 0 spiro atoms. The van der Waals surface area contributed by atoms with Crippen LogP contribution in [0.5, 0.6) is 0 Å². The van der Waals surface area contributed by atoms with E-state index >= 15 is 0 Å². The number of hydrogen-bond donors (Lipinski definition) is 1. The highest BCUT2D eigenvalue weighted by Gasteiger charge is 2.30. The van der Waals surface area contributed by atoms with Gasteiger partial charge in [0.15, 0.2) is 5.16 Å². The quantitative estimate of drug-likeness (QED) is 0.617. The number of benzene rings is 1. The number of halogens is 1. The van der Waals surface area contributed by atoms with E-state index in [1.165, 1.54) is 24.6 Å². The van der Waals surface area contributed by atoms with Gasteiger partial charge in [0.25, 0.3) is 0 Å². The van der Waals surface area contributed by atoms with E-state index in [1.807, 2.05) is 18.2 Å². The van der Waals surface area contributed by atoms with Crippen molar-refractivity contribution in [2.75, 3.05) is 5.75 Å². The summed E-state index contributed by atoms with van der Waals surface area (Å²) in [6, 6.07) is 7.27. The van der Waals surface area contributed by atoms with Crippen LogP contribution >= 0.6 is 23.4 Å². The van der Waals surface area contributed by atoms with Crippen LogP contribution in [-0.2, 0) is 6.54 Å². The fraction of sp³-hybridized carbons (Fsp3) is 0.375. The van der Waals surface area contributed by atoms with E-state index in [4.69, 9.17) is 11.6 Å². The van der Waals surface area contributed by atoms with E-state index in [0.29, 0.717) is 23.2 Å². The third-order valence-corrected chi connectivity index (χ3v) is 4.92. The Balaban J connectivity index is 1.67. The average Bonchev–Trinajstić information content (AvgIpc) is 3.29. The summed E-state index contributed by atoms with van der Waals surface area (Å²) in [6.07, 6.45) is 3.68. The monoisotopic (exact) mass is 335 g/mol. The van der Waals surface area contributed by atoms with Crippen molar-refractivity contribution in [3.63, 3.8) is 0 Å². The average molecular weight is 336 g/mol. The van der Waals surface area contributed by atoms with Crippen LogP contribution in [0.25, 0.3) is 0 Å². The molecule has 1 fully saturated rings. The Morgan fingerprint density at radius 1 is 1.36 bits per heavy atom. The van der Waals surface area contributed by atoms with Crippen LogP contribution in [-0.4, -0.2) is 25.6 Å². The highest BCUT2D eigenvalue weighted by molar-refractivity contribution is 7.99. The van der Waals surface area contributed by atoms with Crippen LogP contribution in [0.1, 0.15) is 36.3 Å². The molecule has 0 aliphatic heterocycles. The second kappa shape index (κ2) is 6.86. The van der Waals surface area contributed by atoms with Crippen LogP contribution in [0.2, 0.25) is 5.02 Å². The van der Waals surface area contributed by atoms with Crippen molar-refractivity contribution in [1.29, 1.82) is 0 Å². The first kappa shape index (κ1) is 15.6. The molecular formula is C16H18ClN3OS. The highest BCUT2D eigenvalue weighted by atomic mass is 35.5. The van der Waals surface area contributed by atoms with Gasteiger partial charge in [-0.2, -0.15) is 0 Å². The van der Waals surface area contributed by atoms with Crippen molar-refractivity contribution in [1.82, 2.24) is 14.8 Å². The van der Waals surface area contributed by atoms with Gasteiger partial charge in [-0.25, -0.2) is 0 Å². The maximum atomic E-state index is 10.3. The van der Waals surface area contributed by atoms with E-state index in [0.717, 1.165) is 16.5 Å². The zero-order chi connectivity index (χ0) is 15.5. The van der Waals surface area contributed by atoms with Crippen LogP contribution in [0.3, 0.4) is 0 Å². The predicted molar refractivity (Wildman–Crippen MR) is 89.3 cm³/mol. The van der Waals surface area contributed by atoms with Crippen molar-refractivity contribution in [3.05, 3.63) is 53.3 Å². The summed E-state index contributed by atoms with van der Waals surface area (Å²) in [5.41, 5.74) is 0.856. The van der Waals surface area contributed by atoms with Gasteiger partial charge < -0.3 is 9.67 Å². The number of allylic oxidation sites excluding steroid dienone is 1. The Labute approximate surface area is 139 Å². The minimum atomic E-state index is -0.555. The lowest BCUT2D eigenvalue weighted by molar-refractivity contribution is 0.204. The first-order valence-corrected chi connectivity index (χ1v) is 8.65. The SMILES string of the molecule is C=CCn1c(SCC(O)c2ccc(Cl)cc2)nnc1C1CC1. The lowest BCUT2D eigenvalue weighted by Gasteiger charge is -2.11. The molecule has 116 valence electrons. The Morgan fingerprint density at radius 3 is 2.73 bits per heavy atom. The molecular weight excluding hydrogens is 318 g/mol. The zero-order valence-electron chi connectivity index (χ0n) is 12.2. The Bertz CT molecular complexity index is 652. The summed E-state index contributed by atoms with van der Waals surface area (Å²) in [6.45, 7) is 4.51. The smallest absolute Gasteiger partial charge is 0.191 e. The Kier molecular flexibility index (Phi) is 4.86. The van der Waals surface area contributed by atoms with Gasteiger partial charge in [0.05, 0.1) is 6.10 Å². The Hall–Kier alpha value is -1.30. The van der Waals surface area contributed by atoms with E-state index in [-0.39, 0.29) is 0 Å². The molecule has 0 radical (unpaired) electrons. The lowest BCUT2D eigenvalue weighted by atomic mass is 10.1. The van der Waals surface area contributed by atoms with Crippen LogP contribution in [0, 0.1) is 0 Å². The number of aliphatic hydroxyl groups excluding tert-OH is 1. The molecule has 6 heteroatoms. The largest absolute Gasteiger partial charge is 0.388 e. The second-order valence-electron chi connectivity index (χ2n) is 5.39. The fourth-order valence-electron chi connectivity index (χ4n) is 2.29. The number of aliphatic hydroxyl groups is 1. The third-order valence-electron chi connectivity index (χ3n) is 3.62. The molecule has 4 nitrogen and oxygen atoms in total. The molecule has 3 rings (SSSR count). The minimum Gasteiger partial charge on any atom is -0.388 e. The number of rotatable bonds is 7. The molecule has 0 bridgehead atoms. The van der Waals surface area contributed by atoms with Crippen LogP contribution < -0.4 is 0 Å².